The fourth-order valence-corrected chi connectivity index (χ4v) is 8.26. The van der Waals surface area contributed by atoms with Crippen molar-refractivity contribution in [1.82, 2.24) is 4.90 Å². The van der Waals surface area contributed by atoms with Crippen LogP contribution in [0.5, 0.6) is 0 Å². The van der Waals surface area contributed by atoms with Gasteiger partial charge in [0, 0.05) is 12.1 Å². The number of rotatable bonds is 0. The molecule has 0 aromatic heterocycles. The first-order chi connectivity index (χ1) is 8.15. The SMILES string of the molecule is CC1C2CC3(C)C2C32CCN3CC34CCC4C12. The van der Waals surface area contributed by atoms with Gasteiger partial charge in [-0.1, -0.05) is 13.8 Å². The first-order valence-corrected chi connectivity index (χ1v) is 7.90. The quantitative estimate of drug-likeness (QED) is 0.577. The molecule has 9 atom stereocenters. The maximum Gasteiger partial charge on any atom is 0.0368 e. The maximum absolute atomic E-state index is 2.86. The Morgan fingerprint density at radius 1 is 1.24 bits per heavy atom. The average Bonchev–Trinajstić information content (AvgIpc) is 3.06. The molecule has 2 spiro atoms. The second-order valence-electron chi connectivity index (χ2n) is 8.61. The molecule has 17 heavy (non-hydrogen) atoms. The molecule has 0 N–H and O–H groups in total. The molecule has 2 heterocycles. The van der Waals surface area contributed by atoms with Crippen molar-refractivity contribution < 1.29 is 0 Å². The van der Waals surface area contributed by atoms with Crippen molar-refractivity contribution >= 4 is 0 Å². The van der Waals surface area contributed by atoms with E-state index >= 15 is 0 Å². The minimum absolute atomic E-state index is 0.767. The van der Waals surface area contributed by atoms with E-state index in [9.17, 15) is 0 Å². The van der Waals surface area contributed by atoms with Crippen LogP contribution in [0.2, 0.25) is 0 Å². The number of hydrogen-bond acceptors (Lipinski definition) is 1. The molecule has 4 saturated carbocycles. The Bertz CT molecular complexity index is 458. The normalized spacial score (nSPS) is 80.8. The second kappa shape index (κ2) is 2.03. The van der Waals surface area contributed by atoms with E-state index in [1.54, 1.807) is 25.7 Å². The molecule has 9 unspecified atom stereocenters. The van der Waals surface area contributed by atoms with E-state index in [1.165, 1.54) is 19.0 Å². The minimum atomic E-state index is 0.767. The molecule has 2 aliphatic heterocycles. The lowest BCUT2D eigenvalue weighted by Gasteiger charge is -2.51. The summed E-state index contributed by atoms with van der Waals surface area (Å²) >= 11 is 0. The van der Waals surface area contributed by atoms with Gasteiger partial charge < -0.3 is 0 Å². The fourth-order valence-electron chi connectivity index (χ4n) is 8.26. The van der Waals surface area contributed by atoms with Crippen LogP contribution in [0.1, 0.15) is 39.5 Å². The van der Waals surface area contributed by atoms with E-state index in [4.69, 9.17) is 0 Å². The molecule has 6 rings (SSSR count). The third-order valence-electron chi connectivity index (χ3n) is 8.94. The first kappa shape index (κ1) is 8.96. The molecule has 2 saturated heterocycles. The summed E-state index contributed by atoms with van der Waals surface area (Å²) in [6, 6.07) is 0. The molecule has 0 radical (unpaired) electrons. The van der Waals surface area contributed by atoms with Crippen LogP contribution in [0.4, 0.5) is 0 Å². The van der Waals surface area contributed by atoms with E-state index in [1.807, 2.05) is 0 Å². The minimum Gasteiger partial charge on any atom is -0.294 e. The summed E-state index contributed by atoms with van der Waals surface area (Å²) in [4.78, 5) is 2.86. The zero-order valence-corrected chi connectivity index (χ0v) is 11.1. The van der Waals surface area contributed by atoms with Crippen molar-refractivity contribution in [3.8, 4) is 0 Å². The third kappa shape index (κ3) is 0.584. The van der Waals surface area contributed by atoms with Crippen molar-refractivity contribution in [2.24, 2.45) is 40.4 Å². The Morgan fingerprint density at radius 3 is 2.88 bits per heavy atom. The lowest BCUT2D eigenvalue weighted by Crippen LogP contribution is -2.49. The summed E-state index contributed by atoms with van der Waals surface area (Å²) in [6.45, 7) is 8.19. The molecule has 92 valence electrons. The molecular formula is C16H23N. The van der Waals surface area contributed by atoms with Gasteiger partial charge in [-0.25, -0.2) is 0 Å². The van der Waals surface area contributed by atoms with E-state index < -0.39 is 0 Å². The lowest BCUT2D eigenvalue weighted by atomic mass is 9.53. The van der Waals surface area contributed by atoms with E-state index in [0.717, 1.165) is 40.0 Å². The maximum atomic E-state index is 2.86. The Kier molecular flexibility index (Phi) is 1.07. The van der Waals surface area contributed by atoms with Crippen LogP contribution in [0.3, 0.4) is 0 Å². The van der Waals surface area contributed by atoms with Gasteiger partial charge in [0.25, 0.3) is 0 Å². The monoisotopic (exact) mass is 229 g/mol. The van der Waals surface area contributed by atoms with Gasteiger partial charge in [0.15, 0.2) is 0 Å². The van der Waals surface area contributed by atoms with Crippen LogP contribution in [0.25, 0.3) is 0 Å². The molecule has 1 nitrogen and oxygen atoms in total. The van der Waals surface area contributed by atoms with Gasteiger partial charge in [-0.2, -0.15) is 0 Å². The van der Waals surface area contributed by atoms with Gasteiger partial charge in [-0.15, -0.1) is 0 Å². The van der Waals surface area contributed by atoms with Crippen LogP contribution < -0.4 is 0 Å². The summed E-state index contributed by atoms with van der Waals surface area (Å²) in [6.07, 6.45) is 6.28. The molecule has 6 aliphatic rings. The average molecular weight is 229 g/mol. The third-order valence-corrected chi connectivity index (χ3v) is 8.94. The van der Waals surface area contributed by atoms with E-state index in [0.29, 0.717) is 0 Å². The summed E-state index contributed by atoms with van der Waals surface area (Å²) in [5.41, 5.74) is 2.44. The Labute approximate surface area is 104 Å². The summed E-state index contributed by atoms with van der Waals surface area (Å²) < 4.78 is 0. The highest BCUT2D eigenvalue weighted by atomic mass is 15.4. The Morgan fingerprint density at radius 2 is 2.12 bits per heavy atom. The number of hydrogen-bond donors (Lipinski definition) is 0. The first-order valence-electron chi connectivity index (χ1n) is 7.90. The van der Waals surface area contributed by atoms with Gasteiger partial charge in [-0.05, 0) is 72.6 Å². The molecular weight excluding hydrogens is 206 g/mol. The molecule has 0 aromatic carbocycles. The Balaban J connectivity index is 1.53. The molecule has 4 aliphatic carbocycles. The lowest BCUT2D eigenvalue weighted by molar-refractivity contribution is -0.0162. The summed E-state index contributed by atoms with van der Waals surface area (Å²) in [5.74, 6) is 5.65. The zero-order valence-electron chi connectivity index (χ0n) is 11.1. The van der Waals surface area contributed by atoms with Crippen LogP contribution in [-0.4, -0.2) is 23.5 Å². The molecule has 6 fully saturated rings. The van der Waals surface area contributed by atoms with Crippen LogP contribution in [-0.2, 0) is 0 Å². The zero-order chi connectivity index (χ0) is 11.2. The number of fused-ring (bicyclic) bond motifs is 1. The van der Waals surface area contributed by atoms with Crippen molar-refractivity contribution in [3.63, 3.8) is 0 Å². The smallest absolute Gasteiger partial charge is 0.0368 e. The van der Waals surface area contributed by atoms with Crippen LogP contribution in [0.15, 0.2) is 0 Å². The van der Waals surface area contributed by atoms with E-state index in [-0.39, 0.29) is 0 Å². The van der Waals surface area contributed by atoms with Crippen LogP contribution >= 0.6 is 0 Å². The topological polar surface area (TPSA) is 3.01 Å². The largest absolute Gasteiger partial charge is 0.294 e. The van der Waals surface area contributed by atoms with Gasteiger partial charge in [0.05, 0.1) is 0 Å². The second-order valence-corrected chi connectivity index (χ2v) is 8.61. The van der Waals surface area contributed by atoms with Gasteiger partial charge in [0.2, 0.25) is 0 Å². The van der Waals surface area contributed by atoms with Crippen molar-refractivity contribution in [2.75, 3.05) is 13.1 Å². The van der Waals surface area contributed by atoms with Gasteiger partial charge >= 0.3 is 0 Å². The van der Waals surface area contributed by atoms with Gasteiger partial charge in [-0.3, -0.25) is 4.90 Å². The molecule has 0 bridgehead atoms. The van der Waals surface area contributed by atoms with Gasteiger partial charge in [0.1, 0.15) is 0 Å². The van der Waals surface area contributed by atoms with Crippen molar-refractivity contribution in [2.45, 2.75) is 45.1 Å². The highest BCUT2D eigenvalue weighted by molar-refractivity contribution is 5.40. The predicted octanol–water partition coefficient (Wildman–Crippen LogP) is 2.76. The fraction of sp³-hybridized carbons (Fsp3) is 1.00. The van der Waals surface area contributed by atoms with Crippen molar-refractivity contribution in [3.05, 3.63) is 0 Å². The highest BCUT2D eigenvalue weighted by Crippen LogP contribution is 2.95. The predicted molar refractivity (Wildman–Crippen MR) is 66.4 cm³/mol. The van der Waals surface area contributed by atoms with E-state index in [2.05, 4.69) is 18.7 Å². The van der Waals surface area contributed by atoms with Crippen LogP contribution in [0, 0.1) is 40.4 Å². The highest BCUT2D eigenvalue weighted by Gasteiger charge is 2.91. The van der Waals surface area contributed by atoms with Crippen molar-refractivity contribution in [1.29, 1.82) is 0 Å². The molecule has 0 aromatic rings. The summed E-state index contributed by atoms with van der Waals surface area (Å²) in [5, 5.41) is 0. The number of nitrogens with zero attached hydrogens (tertiary/aromatic N) is 1. The molecule has 1 heteroatoms. The molecule has 0 amide bonds. The Hall–Kier alpha value is -0.0400. The summed E-state index contributed by atoms with van der Waals surface area (Å²) in [7, 11) is 0. The standard InChI is InChI=1S/C16H23N/c1-9-10-7-14(2)13(10)16(14)5-6-17-8-15(17)4-3-11(15)12(9)16/h9-13H,3-8H2,1-2H3.